The average Bonchev–Trinajstić information content (AvgIpc) is 2.95. The molecule has 1 aliphatic carbocycles. The van der Waals surface area contributed by atoms with Crippen LogP contribution in [0.25, 0.3) is 0 Å². The van der Waals surface area contributed by atoms with Crippen molar-refractivity contribution in [1.82, 2.24) is 9.78 Å². The van der Waals surface area contributed by atoms with E-state index in [4.69, 9.17) is 5.73 Å². The molecule has 0 saturated heterocycles. The van der Waals surface area contributed by atoms with Crippen molar-refractivity contribution >= 4 is 5.78 Å². The molecule has 0 bridgehead atoms. The lowest BCUT2D eigenvalue weighted by Gasteiger charge is -2.25. The molecule has 2 N–H and O–H groups in total. The number of aromatic nitrogens is 2. The molecule has 0 amide bonds. The fraction of sp³-hybridized carbons (Fsp3) is 0.692. The van der Waals surface area contributed by atoms with E-state index in [1.54, 1.807) is 6.20 Å². The fourth-order valence-electron chi connectivity index (χ4n) is 2.80. The number of ketones is 1. The van der Waals surface area contributed by atoms with Gasteiger partial charge in [0.05, 0.1) is 0 Å². The first-order valence-electron chi connectivity index (χ1n) is 6.38. The van der Waals surface area contributed by atoms with Gasteiger partial charge in [0.25, 0.3) is 0 Å². The number of Topliss-reactive ketones (excluding diaryl/α,β-unsaturated/α-hetero) is 1. The number of aryl methyl sites for hydroxylation is 2. The van der Waals surface area contributed by atoms with Crippen molar-refractivity contribution < 1.29 is 4.79 Å². The van der Waals surface area contributed by atoms with Crippen molar-refractivity contribution in [1.29, 1.82) is 0 Å². The van der Waals surface area contributed by atoms with Crippen LogP contribution >= 0.6 is 0 Å². The van der Waals surface area contributed by atoms with Gasteiger partial charge in [-0.05, 0) is 25.3 Å². The highest BCUT2D eigenvalue weighted by atomic mass is 16.1. The molecular formula is C13H21N3O. The first-order valence-corrected chi connectivity index (χ1v) is 6.38. The van der Waals surface area contributed by atoms with Crippen LogP contribution in [-0.2, 0) is 18.3 Å². The van der Waals surface area contributed by atoms with Crippen molar-refractivity contribution in [2.24, 2.45) is 18.2 Å². The molecule has 0 unspecified atom stereocenters. The smallest absolute Gasteiger partial charge is 0.140 e. The van der Waals surface area contributed by atoms with Crippen molar-refractivity contribution in [2.75, 3.05) is 6.54 Å². The quantitative estimate of drug-likeness (QED) is 0.840. The van der Waals surface area contributed by atoms with Crippen LogP contribution in [0, 0.1) is 5.41 Å². The number of rotatable bonds is 5. The molecule has 1 aromatic rings. The minimum absolute atomic E-state index is 0.210. The standard InChI is InChI=1S/C13H21N3O/c1-16-11(6-9-15-16)4-5-12(17)13(10-14)7-2-3-8-13/h6,9H,2-5,7-8,10,14H2,1H3. The molecule has 1 fully saturated rings. The van der Waals surface area contributed by atoms with Crippen molar-refractivity contribution in [3.05, 3.63) is 18.0 Å². The van der Waals surface area contributed by atoms with Crippen LogP contribution in [0.5, 0.6) is 0 Å². The molecule has 2 rings (SSSR count). The van der Waals surface area contributed by atoms with Crippen LogP contribution in [0.2, 0.25) is 0 Å². The highest BCUT2D eigenvalue weighted by Crippen LogP contribution is 2.38. The lowest BCUT2D eigenvalue weighted by molar-refractivity contribution is -0.128. The Hall–Kier alpha value is -1.16. The number of nitrogens with two attached hydrogens (primary N) is 1. The maximum atomic E-state index is 12.3. The lowest BCUT2D eigenvalue weighted by atomic mass is 9.80. The number of hydrogen-bond donors (Lipinski definition) is 1. The van der Waals surface area contributed by atoms with Crippen LogP contribution in [0.3, 0.4) is 0 Å². The Morgan fingerprint density at radius 2 is 2.24 bits per heavy atom. The van der Waals surface area contributed by atoms with E-state index in [9.17, 15) is 4.79 Å². The molecule has 0 atom stereocenters. The Morgan fingerprint density at radius 1 is 1.53 bits per heavy atom. The summed E-state index contributed by atoms with van der Waals surface area (Å²) in [4.78, 5) is 12.3. The minimum atomic E-state index is -0.210. The SMILES string of the molecule is Cn1nccc1CCC(=O)C1(CN)CCCC1. The number of hydrogen-bond acceptors (Lipinski definition) is 3. The summed E-state index contributed by atoms with van der Waals surface area (Å²) in [5, 5.41) is 4.11. The Morgan fingerprint density at radius 3 is 2.76 bits per heavy atom. The van der Waals surface area contributed by atoms with Gasteiger partial charge in [0.2, 0.25) is 0 Å². The van der Waals surface area contributed by atoms with Crippen LogP contribution in [0.1, 0.15) is 37.8 Å². The van der Waals surface area contributed by atoms with Gasteiger partial charge in [0, 0.05) is 37.3 Å². The summed E-state index contributed by atoms with van der Waals surface area (Å²) in [5.41, 5.74) is 6.71. The van der Waals surface area contributed by atoms with Crippen molar-refractivity contribution in [3.63, 3.8) is 0 Å². The molecule has 1 heterocycles. The van der Waals surface area contributed by atoms with E-state index in [1.165, 1.54) is 0 Å². The highest BCUT2D eigenvalue weighted by Gasteiger charge is 2.38. The molecule has 94 valence electrons. The second-order valence-corrected chi connectivity index (χ2v) is 5.06. The average molecular weight is 235 g/mol. The molecule has 4 heteroatoms. The number of nitrogens with zero attached hydrogens (tertiary/aromatic N) is 2. The summed E-state index contributed by atoms with van der Waals surface area (Å²) in [6, 6.07) is 1.97. The van der Waals surface area contributed by atoms with Crippen LogP contribution in [-0.4, -0.2) is 22.1 Å². The molecule has 0 radical (unpaired) electrons. The van der Waals surface area contributed by atoms with Gasteiger partial charge in [0.15, 0.2) is 0 Å². The molecular weight excluding hydrogens is 214 g/mol. The van der Waals surface area contributed by atoms with Crippen LogP contribution in [0.4, 0.5) is 0 Å². The van der Waals surface area contributed by atoms with Gasteiger partial charge < -0.3 is 5.73 Å². The number of carbonyl (C=O) groups is 1. The molecule has 17 heavy (non-hydrogen) atoms. The van der Waals surface area contributed by atoms with Crippen LogP contribution in [0.15, 0.2) is 12.3 Å². The van der Waals surface area contributed by atoms with Gasteiger partial charge in [-0.25, -0.2) is 0 Å². The van der Waals surface area contributed by atoms with Crippen molar-refractivity contribution in [2.45, 2.75) is 38.5 Å². The van der Waals surface area contributed by atoms with E-state index in [0.29, 0.717) is 18.7 Å². The first kappa shape index (κ1) is 12.3. The summed E-state index contributed by atoms with van der Waals surface area (Å²) < 4.78 is 1.83. The Kier molecular flexibility index (Phi) is 3.62. The predicted octanol–water partition coefficient (Wildman–Crippen LogP) is 1.44. The van der Waals surface area contributed by atoms with E-state index >= 15 is 0 Å². The Labute approximate surface area is 102 Å². The Balaban J connectivity index is 1.95. The zero-order valence-electron chi connectivity index (χ0n) is 10.5. The van der Waals surface area contributed by atoms with E-state index in [1.807, 2.05) is 17.8 Å². The molecule has 1 aromatic heterocycles. The minimum Gasteiger partial charge on any atom is -0.329 e. The third-order valence-corrected chi connectivity index (χ3v) is 4.07. The predicted molar refractivity (Wildman–Crippen MR) is 66.5 cm³/mol. The summed E-state index contributed by atoms with van der Waals surface area (Å²) in [6.45, 7) is 0.511. The maximum absolute atomic E-state index is 12.3. The van der Waals surface area contributed by atoms with Gasteiger partial charge in [-0.1, -0.05) is 12.8 Å². The third kappa shape index (κ3) is 2.41. The zero-order valence-corrected chi connectivity index (χ0v) is 10.5. The van der Waals surface area contributed by atoms with E-state index in [2.05, 4.69) is 5.10 Å². The summed E-state index contributed by atoms with van der Waals surface area (Å²) in [6.07, 6.45) is 7.40. The number of carbonyl (C=O) groups excluding carboxylic acids is 1. The second-order valence-electron chi connectivity index (χ2n) is 5.06. The molecule has 1 saturated carbocycles. The first-order chi connectivity index (χ1) is 8.18. The lowest BCUT2D eigenvalue weighted by Crippen LogP contribution is -2.36. The molecule has 0 aliphatic heterocycles. The molecule has 0 spiro atoms. The summed E-state index contributed by atoms with van der Waals surface area (Å²) in [7, 11) is 1.91. The summed E-state index contributed by atoms with van der Waals surface area (Å²) in [5.74, 6) is 0.346. The topological polar surface area (TPSA) is 60.9 Å². The fourth-order valence-corrected chi connectivity index (χ4v) is 2.80. The molecule has 1 aliphatic rings. The highest BCUT2D eigenvalue weighted by molar-refractivity contribution is 5.85. The maximum Gasteiger partial charge on any atom is 0.140 e. The Bertz CT molecular complexity index is 391. The zero-order chi connectivity index (χ0) is 12.3. The van der Waals surface area contributed by atoms with Gasteiger partial charge in [-0.3, -0.25) is 9.48 Å². The molecule has 0 aromatic carbocycles. The van der Waals surface area contributed by atoms with Crippen LogP contribution < -0.4 is 5.73 Å². The molecule has 4 nitrogen and oxygen atoms in total. The van der Waals surface area contributed by atoms with E-state index in [-0.39, 0.29) is 5.41 Å². The largest absolute Gasteiger partial charge is 0.329 e. The van der Waals surface area contributed by atoms with E-state index in [0.717, 1.165) is 37.8 Å². The van der Waals surface area contributed by atoms with Gasteiger partial charge in [-0.15, -0.1) is 0 Å². The normalized spacial score (nSPS) is 18.5. The monoisotopic (exact) mass is 235 g/mol. The van der Waals surface area contributed by atoms with E-state index < -0.39 is 0 Å². The second kappa shape index (κ2) is 5.00. The summed E-state index contributed by atoms with van der Waals surface area (Å²) >= 11 is 0. The third-order valence-electron chi connectivity index (χ3n) is 4.07. The van der Waals surface area contributed by atoms with Gasteiger partial charge >= 0.3 is 0 Å². The van der Waals surface area contributed by atoms with Crippen molar-refractivity contribution in [3.8, 4) is 0 Å². The van der Waals surface area contributed by atoms with Gasteiger partial charge in [-0.2, -0.15) is 5.10 Å². The van der Waals surface area contributed by atoms with Gasteiger partial charge in [0.1, 0.15) is 5.78 Å².